The van der Waals surface area contributed by atoms with Crippen molar-refractivity contribution in [2.75, 3.05) is 27.2 Å². The molecule has 1 N–H and O–H groups in total. The molecule has 0 saturated heterocycles. The van der Waals surface area contributed by atoms with Gasteiger partial charge in [-0.25, -0.2) is 0 Å². The molecule has 2 rings (SSSR count). The van der Waals surface area contributed by atoms with Crippen LogP contribution in [0.2, 0.25) is 0 Å². The number of carbonyl (C=O) groups is 1. The Morgan fingerprint density at radius 1 is 1.29 bits per heavy atom. The molecule has 1 aliphatic heterocycles. The third kappa shape index (κ3) is 4.76. The van der Waals surface area contributed by atoms with Crippen molar-refractivity contribution < 1.29 is 9.53 Å². The van der Waals surface area contributed by atoms with E-state index in [0.717, 1.165) is 36.5 Å². The van der Waals surface area contributed by atoms with Gasteiger partial charge >= 0.3 is 0 Å². The van der Waals surface area contributed by atoms with E-state index in [2.05, 4.69) is 16.2 Å². The number of nitrogens with zero attached hydrogens (tertiary/aromatic N) is 1. The molecular formula is C19H24N2O2S. The van der Waals surface area contributed by atoms with E-state index < -0.39 is 0 Å². The van der Waals surface area contributed by atoms with E-state index in [-0.39, 0.29) is 5.78 Å². The van der Waals surface area contributed by atoms with Crippen LogP contribution in [0.5, 0.6) is 5.75 Å². The molecule has 5 heteroatoms. The van der Waals surface area contributed by atoms with Crippen LogP contribution in [0.1, 0.15) is 23.7 Å². The molecular weight excluding hydrogens is 320 g/mol. The third-order valence-electron chi connectivity index (χ3n) is 3.68. The van der Waals surface area contributed by atoms with Gasteiger partial charge in [0.05, 0.1) is 12.0 Å². The zero-order valence-electron chi connectivity index (χ0n) is 14.5. The molecule has 0 spiro atoms. The summed E-state index contributed by atoms with van der Waals surface area (Å²) in [6.45, 7) is 7.89. The first-order chi connectivity index (χ1) is 11.5. The lowest BCUT2D eigenvalue weighted by Gasteiger charge is -2.23. The minimum Gasteiger partial charge on any atom is -0.497 e. The van der Waals surface area contributed by atoms with Crippen molar-refractivity contribution in [3.8, 4) is 5.75 Å². The van der Waals surface area contributed by atoms with E-state index in [1.165, 1.54) is 11.9 Å². The smallest absolute Gasteiger partial charge is 0.201 e. The molecule has 0 saturated carbocycles. The average Bonchev–Trinajstić information content (AvgIpc) is 2.73. The molecule has 4 nitrogen and oxygen atoms in total. The fraction of sp³-hybridized carbons (Fsp3) is 0.316. The fourth-order valence-corrected chi connectivity index (χ4v) is 3.44. The van der Waals surface area contributed by atoms with E-state index in [9.17, 15) is 4.79 Å². The summed E-state index contributed by atoms with van der Waals surface area (Å²) >= 11 is 1.48. The Morgan fingerprint density at radius 3 is 2.62 bits per heavy atom. The Labute approximate surface area is 148 Å². The summed E-state index contributed by atoms with van der Waals surface area (Å²) in [5.41, 5.74) is 2.60. The number of carbonyl (C=O) groups excluding carboxylic acids is 1. The summed E-state index contributed by atoms with van der Waals surface area (Å²) in [6, 6.07) is 7.19. The first-order valence-corrected chi connectivity index (χ1v) is 8.70. The van der Waals surface area contributed by atoms with E-state index >= 15 is 0 Å². The van der Waals surface area contributed by atoms with Crippen LogP contribution in [-0.2, 0) is 0 Å². The number of benzene rings is 1. The molecule has 128 valence electrons. The second-order valence-corrected chi connectivity index (χ2v) is 6.64. The predicted octanol–water partition coefficient (Wildman–Crippen LogP) is 3.80. The maximum absolute atomic E-state index is 12.8. The maximum Gasteiger partial charge on any atom is 0.201 e. The molecule has 1 aromatic rings. The molecule has 0 fully saturated rings. The van der Waals surface area contributed by atoms with Crippen LogP contribution in [0.3, 0.4) is 0 Å². The second kappa shape index (κ2) is 8.76. The summed E-state index contributed by atoms with van der Waals surface area (Å²) in [5.74, 6) is 0.746. The monoisotopic (exact) mass is 344 g/mol. The van der Waals surface area contributed by atoms with E-state index in [1.54, 1.807) is 31.4 Å². The van der Waals surface area contributed by atoms with Gasteiger partial charge in [0.2, 0.25) is 5.78 Å². The van der Waals surface area contributed by atoms with Gasteiger partial charge in [-0.15, -0.1) is 0 Å². The van der Waals surface area contributed by atoms with Gasteiger partial charge in [0.25, 0.3) is 0 Å². The van der Waals surface area contributed by atoms with E-state index in [4.69, 9.17) is 4.74 Å². The van der Waals surface area contributed by atoms with Crippen molar-refractivity contribution in [1.29, 1.82) is 0 Å². The lowest BCUT2D eigenvalue weighted by molar-refractivity contribution is 0.104. The average molecular weight is 344 g/mol. The van der Waals surface area contributed by atoms with Crippen molar-refractivity contribution in [1.82, 2.24) is 9.62 Å². The minimum atomic E-state index is 0.00511. The number of Topliss-reactive ketones (excluding diaryl/α,β-unsaturated/α-hetero) is 1. The number of methoxy groups -OCH3 is 1. The molecule has 0 aliphatic carbocycles. The molecule has 1 aliphatic rings. The Balaban J connectivity index is 2.18. The van der Waals surface area contributed by atoms with Crippen molar-refractivity contribution in [2.45, 2.75) is 13.3 Å². The Bertz CT molecular complexity index is 662. The third-order valence-corrected chi connectivity index (χ3v) is 4.87. The number of nitrogens with one attached hydrogen (secondary N) is 1. The van der Waals surface area contributed by atoms with Crippen LogP contribution < -0.4 is 10.1 Å². The molecule has 0 aromatic heterocycles. The van der Waals surface area contributed by atoms with Gasteiger partial charge in [-0.1, -0.05) is 6.58 Å². The quantitative estimate of drug-likeness (QED) is 0.463. The highest BCUT2D eigenvalue weighted by Gasteiger charge is 2.20. The Morgan fingerprint density at radius 2 is 2.00 bits per heavy atom. The fourth-order valence-electron chi connectivity index (χ4n) is 2.38. The summed E-state index contributed by atoms with van der Waals surface area (Å²) in [6.07, 6.45) is 4.88. The molecule has 0 radical (unpaired) electrons. The molecule has 24 heavy (non-hydrogen) atoms. The van der Waals surface area contributed by atoms with Crippen LogP contribution in [-0.4, -0.2) is 37.3 Å². The molecule has 0 atom stereocenters. The molecule has 0 amide bonds. The minimum absolute atomic E-state index is 0.00511. The van der Waals surface area contributed by atoms with Gasteiger partial charge < -0.3 is 14.4 Å². The zero-order valence-corrected chi connectivity index (χ0v) is 15.3. The van der Waals surface area contributed by atoms with Gasteiger partial charge in [-0.2, -0.15) is 0 Å². The maximum atomic E-state index is 12.8. The highest BCUT2D eigenvalue weighted by atomic mass is 32.2. The van der Waals surface area contributed by atoms with Crippen LogP contribution in [0.25, 0.3) is 0 Å². The Hall–Kier alpha value is -1.98. The van der Waals surface area contributed by atoms with Gasteiger partial charge in [-0.3, -0.25) is 4.79 Å². The summed E-state index contributed by atoms with van der Waals surface area (Å²) in [4.78, 5) is 13.5. The van der Waals surface area contributed by atoms with Gasteiger partial charge in [-0.05, 0) is 80.9 Å². The molecule has 1 heterocycles. The standard InChI is InChI=1S/C19H24N2O2S/c1-14-12-15(2)21(11-5-10-20-3)24-18(13-14)19(22)16-6-8-17(23-4)9-7-16/h6-9,12-13,20H,1,5,10-11H2,2-4H3. The molecule has 0 unspecified atom stereocenters. The number of rotatable bonds is 7. The van der Waals surface area contributed by atoms with Crippen molar-refractivity contribution >= 4 is 17.7 Å². The number of ether oxygens (including phenoxy) is 1. The highest BCUT2D eigenvalue weighted by molar-refractivity contribution is 8.02. The molecule has 0 bridgehead atoms. The van der Waals surface area contributed by atoms with E-state index in [1.807, 2.05) is 26.1 Å². The van der Waals surface area contributed by atoms with Crippen LogP contribution in [0, 0.1) is 0 Å². The van der Waals surface area contributed by atoms with Crippen molar-refractivity contribution in [2.24, 2.45) is 0 Å². The van der Waals surface area contributed by atoms with Crippen molar-refractivity contribution in [3.05, 3.63) is 64.7 Å². The van der Waals surface area contributed by atoms with Crippen LogP contribution in [0.15, 0.2) is 59.2 Å². The first-order valence-electron chi connectivity index (χ1n) is 7.93. The van der Waals surface area contributed by atoms with Gasteiger partial charge in [0, 0.05) is 17.8 Å². The van der Waals surface area contributed by atoms with Crippen LogP contribution >= 0.6 is 11.9 Å². The Kier molecular flexibility index (Phi) is 6.70. The lowest BCUT2D eigenvalue weighted by Crippen LogP contribution is -2.20. The number of allylic oxidation sites excluding steroid dienone is 5. The van der Waals surface area contributed by atoms with Crippen LogP contribution in [0.4, 0.5) is 0 Å². The SMILES string of the molecule is C=C1C=C(C(=O)c2ccc(OC)cc2)SN(CCCNC)C(C)=C1. The predicted molar refractivity (Wildman–Crippen MR) is 101 cm³/mol. The summed E-state index contributed by atoms with van der Waals surface area (Å²) < 4.78 is 7.31. The highest BCUT2D eigenvalue weighted by Crippen LogP contribution is 2.33. The van der Waals surface area contributed by atoms with Gasteiger partial charge in [0.15, 0.2) is 0 Å². The van der Waals surface area contributed by atoms with Crippen molar-refractivity contribution in [3.63, 3.8) is 0 Å². The largest absolute Gasteiger partial charge is 0.497 e. The normalized spacial score (nSPS) is 14.8. The topological polar surface area (TPSA) is 41.6 Å². The number of hydrogen-bond acceptors (Lipinski definition) is 5. The molecule has 1 aromatic carbocycles. The summed E-state index contributed by atoms with van der Waals surface area (Å²) in [7, 11) is 3.56. The number of hydrogen-bond donors (Lipinski definition) is 1. The first kappa shape index (κ1) is 18.4. The van der Waals surface area contributed by atoms with E-state index in [0.29, 0.717) is 10.5 Å². The lowest BCUT2D eigenvalue weighted by atomic mass is 10.1. The summed E-state index contributed by atoms with van der Waals surface area (Å²) in [5, 5.41) is 3.15. The van der Waals surface area contributed by atoms with Gasteiger partial charge in [0.1, 0.15) is 5.75 Å². The zero-order chi connectivity index (χ0) is 17.5. The number of ketones is 1. The second-order valence-electron chi connectivity index (χ2n) is 5.58.